The van der Waals surface area contributed by atoms with Crippen molar-refractivity contribution in [2.24, 2.45) is 11.1 Å². The molecule has 0 saturated carbocycles. The second-order valence-electron chi connectivity index (χ2n) is 4.46. The van der Waals surface area contributed by atoms with Crippen LogP contribution in [0, 0.1) is 5.41 Å². The monoisotopic (exact) mass is 284 g/mol. The Kier molecular flexibility index (Phi) is 5.81. The molecule has 0 atom stereocenters. The van der Waals surface area contributed by atoms with Crippen molar-refractivity contribution < 1.29 is 4.79 Å². The lowest BCUT2D eigenvalue weighted by Crippen LogP contribution is -2.48. The Morgan fingerprint density at radius 2 is 2.05 bits per heavy atom. The minimum absolute atomic E-state index is 0.159. The molecule has 8 heteroatoms. The van der Waals surface area contributed by atoms with Gasteiger partial charge in [-0.25, -0.2) is 0 Å². The van der Waals surface area contributed by atoms with E-state index >= 15 is 0 Å². The Morgan fingerprint density at radius 1 is 1.42 bits per heavy atom. The average Bonchev–Trinajstić information content (AvgIpc) is 2.88. The maximum atomic E-state index is 12.4. The molecule has 4 N–H and O–H groups in total. The molecule has 1 aromatic heterocycles. The molecule has 0 aliphatic heterocycles. The third-order valence-corrected chi connectivity index (χ3v) is 3.45. The second kappa shape index (κ2) is 7.13. The highest BCUT2D eigenvalue weighted by atomic mass is 32.1. The number of nitrogens with two attached hydrogens (primary N) is 1. The quantitative estimate of drug-likeness (QED) is 0.606. The highest BCUT2D eigenvalue weighted by Gasteiger charge is 2.39. The van der Waals surface area contributed by atoms with Crippen LogP contribution in [0.2, 0.25) is 0 Å². The highest BCUT2D eigenvalue weighted by Crippen LogP contribution is 2.31. The number of tetrazole rings is 1. The SMILES string of the molecule is CCCC(CCC)(C(=O)NCc1nn[nH]n1)C(N)=S. The summed E-state index contributed by atoms with van der Waals surface area (Å²) >= 11 is 5.12. The second-order valence-corrected chi connectivity index (χ2v) is 4.90. The van der Waals surface area contributed by atoms with Crippen LogP contribution in [-0.2, 0) is 11.3 Å². The van der Waals surface area contributed by atoms with Crippen molar-refractivity contribution in [3.63, 3.8) is 0 Å². The maximum Gasteiger partial charge on any atom is 0.233 e. The van der Waals surface area contributed by atoms with Crippen molar-refractivity contribution in [1.29, 1.82) is 0 Å². The molecule has 106 valence electrons. The summed E-state index contributed by atoms with van der Waals surface area (Å²) in [6.45, 7) is 4.23. The summed E-state index contributed by atoms with van der Waals surface area (Å²) in [7, 11) is 0. The van der Waals surface area contributed by atoms with Crippen LogP contribution in [0.3, 0.4) is 0 Å². The summed E-state index contributed by atoms with van der Waals surface area (Å²) in [5.41, 5.74) is 5.04. The van der Waals surface area contributed by atoms with Crippen LogP contribution in [0.15, 0.2) is 0 Å². The number of hydrogen-bond acceptors (Lipinski definition) is 5. The van der Waals surface area contributed by atoms with Gasteiger partial charge in [-0.15, -0.1) is 10.2 Å². The first kappa shape index (κ1) is 15.5. The lowest BCUT2D eigenvalue weighted by atomic mass is 9.78. The standard InChI is InChI=1S/C11H20N6OS/c1-3-5-11(6-4-2,9(12)19)10(18)13-7-8-14-16-17-15-8/h3-7H2,1-2H3,(H2,12,19)(H,13,18)(H,14,15,16,17). The number of hydrogen-bond donors (Lipinski definition) is 3. The Hall–Kier alpha value is -1.57. The van der Waals surface area contributed by atoms with Crippen molar-refractivity contribution >= 4 is 23.1 Å². The molecule has 0 radical (unpaired) electrons. The summed E-state index contributed by atoms with van der Waals surface area (Å²) in [5.74, 6) is 0.270. The van der Waals surface area contributed by atoms with Gasteiger partial charge < -0.3 is 11.1 Å². The summed E-state index contributed by atoms with van der Waals surface area (Å²) < 4.78 is 0. The lowest BCUT2D eigenvalue weighted by molar-refractivity contribution is -0.128. The highest BCUT2D eigenvalue weighted by molar-refractivity contribution is 7.80. The van der Waals surface area contributed by atoms with Crippen molar-refractivity contribution in [3.05, 3.63) is 5.82 Å². The van der Waals surface area contributed by atoms with E-state index < -0.39 is 5.41 Å². The van der Waals surface area contributed by atoms with Crippen molar-refractivity contribution in [1.82, 2.24) is 25.9 Å². The number of carbonyl (C=O) groups is 1. The smallest absolute Gasteiger partial charge is 0.233 e. The van der Waals surface area contributed by atoms with E-state index in [1.807, 2.05) is 13.8 Å². The molecule has 0 aromatic carbocycles. The van der Waals surface area contributed by atoms with E-state index in [0.717, 1.165) is 12.8 Å². The van der Waals surface area contributed by atoms with Gasteiger partial charge in [0.15, 0.2) is 5.82 Å². The Morgan fingerprint density at radius 3 is 2.47 bits per heavy atom. The summed E-state index contributed by atoms with van der Waals surface area (Å²) in [4.78, 5) is 12.7. The molecule has 0 aliphatic rings. The zero-order valence-electron chi connectivity index (χ0n) is 11.3. The lowest BCUT2D eigenvalue weighted by Gasteiger charge is -2.30. The molecule has 1 aromatic rings. The molecule has 0 fully saturated rings. The van der Waals surface area contributed by atoms with E-state index in [0.29, 0.717) is 18.7 Å². The van der Waals surface area contributed by atoms with Gasteiger partial charge in [0.1, 0.15) is 0 Å². The third-order valence-electron chi connectivity index (χ3n) is 3.06. The van der Waals surface area contributed by atoms with Crippen molar-refractivity contribution in [2.75, 3.05) is 0 Å². The first-order chi connectivity index (χ1) is 9.06. The van der Waals surface area contributed by atoms with Crippen LogP contribution in [0.5, 0.6) is 0 Å². The van der Waals surface area contributed by atoms with Gasteiger partial charge in [0.05, 0.1) is 16.9 Å². The molecule has 0 spiro atoms. The minimum atomic E-state index is -0.775. The number of aromatic amines is 1. The van der Waals surface area contributed by atoms with E-state index in [1.165, 1.54) is 0 Å². The number of H-pyrrole nitrogens is 1. The predicted molar refractivity (Wildman–Crippen MR) is 75.1 cm³/mol. The number of rotatable bonds is 8. The molecule has 1 amide bonds. The topological polar surface area (TPSA) is 110 Å². The minimum Gasteiger partial charge on any atom is -0.392 e. The number of amides is 1. The van der Waals surface area contributed by atoms with Gasteiger partial charge in [0, 0.05) is 0 Å². The molecule has 0 bridgehead atoms. The molecule has 0 aliphatic carbocycles. The van der Waals surface area contributed by atoms with Crippen molar-refractivity contribution in [3.8, 4) is 0 Å². The fourth-order valence-corrected chi connectivity index (χ4v) is 2.45. The number of carbonyl (C=O) groups excluding carboxylic acids is 1. The molecule has 0 saturated heterocycles. The maximum absolute atomic E-state index is 12.4. The number of aromatic nitrogens is 4. The van der Waals surface area contributed by atoms with Gasteiger partial charge >= 0.3 is 0 Å². The Balaban J connectivity index is 2.77. The molecule has 1 heterocycles. The first-order valence-electron chi connectivity index (χ1n) is 6.37. The van der Waals surface area contributed by atoms with Gasteiger partial charge in [-0.05, 0) is 12.8 Å². The summed E-state index contributed by atoms with van der Waals surface area (Å²) in [5, 5.41) is 16.1. The normalized spacial score (nSPS) is 11.3. The molecule has 1 rings (SSSR count). The predicted octanol–water partition coefficient (Wildman–Crippen LogP) is 0.689. The van der Waals surface area contributed by atoms with Crippen LogP contribution >= 0.6 is 12.2 Å². The van der Waals surface area contributed by atoms with Crippen LogP contribution in [0.1, 0.15) is 45.4 Å². The average molecular weight is 284 g/mol. The molecular formula is C11H20N6OS. The van der Waals surface area contributed by atoms with E-state index in [2.05, 4.69) is 25.9 Å². The van der Waals surface area contributed by atoms with Crippen molar-refractivity contribution in [2.45, 2.75) is 46.1 Å². The van der Waals surface area contributed by atoms with E-state index in [9.17, 15) is 4.79 Å². The summed E-state index contributed by atoms with van der Waals surface area (Å²) in [6, 6.07) is 0. The van der Waals surface area contributed by atoms with E-state index in [1.54, 1.807) is 0 Å². The molecule has 0 unspecified atom stereocenters. The fourth-order valence-electron chi connectivity index (χ4n) is 2.15. The largest absolute Gasteiger partial charge is 0.392 e. The fraction of sp³-hybridized carbons (Fsp3) is 0.727. The zero-order valence-corrected chi connectivity index (χ0v) is 12.1. The number of nitrogens with one attached hydrogen (secondary N) is 2. The summed E-state index contributed by atoms with van der Waals surface area (Å²) in [6.07, 6.45) is 2.97. The first-order valence-corrected chi connectivity index (χ1v) is 6.78. The Labute approximate surface area is 117 Å². The number of thiocarbonyl (C=S) groups is 1. The van der Waals surface area contributed by atoms with Gasteiger partial charge in [0.2, 0.25) is 5.91 Å². The molecule has 19 heavy (non-hydrogen) atoms. The van der Waals surface area contributed by atoms with E-state index in [-0.39, 0.29) is 17.4 Å². The van der Waals surface area contributed by atoms with Gasteiger partial charge in [-0.1, -0.05) is 44.1 Å². The zero-order chi connectivity index (χ0) is 14.3. The molecular weight excluding hydrogens is 264 g/mol. The van der Waals surface area contributed by atoms with Crippen LogP contribution in [0.4, 0.5) is 0 Å². The molecule has 7 nitrogen and oxygen atoms in total. The van der Waals surface area contributed by atoms with Gasteiger partial charge in [-0.3, -0.25) is 4.79 Å². The third kappa shape index (κ3) is 3.69. The Bertz CT molecular complexity index is 413. The van der Waals surface area contributed by atoms with Crippen LogP contribution < -0.4 is 11.1 Å². The van der Waals surface area contributed by atoms with E-state index in [4.69, 9.17) is 18.0 Å². The number of nitrogens with zero attached hydrogens (tertiary/aromatic N) is 3. The van der Waals surface area contributed by atoms with Crippen LogP contribution in [-0.4, -0.2) is 31.5 Å². The van der Waals surface area contributed by atoms with Gasteiger partial charge in [0.25, 0.3) is 0 Å². The van der Waals surface area contributed by atoms with Gasteiger partial charge in [-0.2, -0.15) is 5.21 Å². The van der Waals surface area contributed by atoms with Crippen LogP contribution in [0.25, 0.3) is 0 Å².